The van der Waals surface area contributed by atoms with Gasteiger partial charge in [-0.15, -0.1) is 0 Å². The molecule has 0 amide bonds. The maximum Gasteiger partial charge on any atom is 0.308 e. The molecular formula is C14H20O4. The number of aliphatic hydroxyl groups excluding tert-OH is 1. The zero-order chi connectivity index (χ0) is 13.4. The fraction of sp³-hybridized carbons (Fsp3) is 0.500. The van der Waals surface area contributed by atoms with Gasteiger partial charge < -0.3 is 14.6 Å². The Bertz CT molecular complexity index is 387. The van der Waals surface area contributed by atoms with Crippen molar-refractivity contribution in [3.05, 3.63) is 23.8 Å². The number of ether oxygens (including phenoxy) is 2. The Morgan fingerprint density at radius 2 is 2.06 bits per heavy atom. The fourth-order valence-electron chi connectivity index (χ4n) is 1.54. The quantitative estimate of drug-likeness (QED) is 0.460. The number of esters is 1. The highest BCUT2D eigenvalue weighted by molar-refractivity contribution is 5.70. The molecule has 0 aliphatic rings. The number of hydrogen-bond donors (Lipinski definition) is 1. The van der Waals surface area contributed by atoms with Gasteiger partial charge in [-0.2, -0.15) is 0 Å². The van der Waals surface area contributed by atoms with E-state index < -0.39 is 5.97 Å². The number of carbonyl (C=O) groups excluding carboxylic acids is 1. The van der Waals surface area contributed by atoms with Gasteiger partial charge in [0.05, 0.1) is 13.2 Å². The molecule has 0 heterocycles. The fourth-order valence-corrected chi connectivity index (χ4v) is 1.54. The summed E-state index contributed by atoms with van der Waals surface area (Å²) in [6.07, 6.45) is 3.21. The molecule has 0 saturated heterocycles. The first-order valence-electron chi connectivity index (χ1n) is 6.22. The molecule has 1 aromatic carbocycles. The number of benzene rings is 1. The lowest BCUT2D eigenvalue weighted by molar-refractivity contribution is -0.132. The lowest BCUT2D eigenvalue weighted by atomic mass is 10.2. The van der Waals surface area contributed by atoms with Gasteiger partial charge >= 0.3 is 5.97 Å². The topological polar surface area (TPSA) is 55.8 Å². The van der Waals surface area contributed by atoms with E-state index in [-0.39, 0.29) is 6.61 Å². The monoisotopic (exact) mass is 252 g/mol. The summed E-state index contributed by atoms with van der Waals surface area (Å²) in [5.41, 5.74) is 0.687. The van der Waals surface area contributed by atoms with Crippen molar-refractivity contribution >= 4 is 5.97 Å². The van der Waals surface area contributed by atoms with Crippen LogP contribution in [0.5, 0.6) is 11.5 Å². The van der Waals surface area contributed by atoms with E-state index in [0.717, 1.165) is 19.3 Å². The van der Waals surface area contributed by atoms with Crippen LogP contribution in [0.15, 0.2) is 18.2 Å². The third kappa shape index (κ3) is 4.75. The summed E-state index contributed by atoms with van der Waals surface area (Å²) in [6, 6.07) is 5.09. The highest BCUT2D eigenvalue weighted by Crippen LogP contribution is 2.29. The summed E-state index contributed by atoms with van der Waals surface area (Å²) in [5.74, 6) is 0.507. The molecule has 4 heteroatoms. The van der Waals surface area contributed by atoms with Crippen molar-refractivity contribution in [3.63, 3.8) is 0 Å². The summed E-state index contributed by atoms with van der Waals surface area (Å²) in [5, 5.41) is 9.05. The minimum Gasteiger partial charge on any atom is -0.490 e. The van der Waals surface area contributed by atoms with Crippen LogP contribution in [0.25, 0.3) is 0 Å². The maximum atomic E-state index is 11.0. The molecule has 1 rings (SSSR count). The molecule has 0 bridgehead atoms. The van der Waals surface area contributed by atoms with Crippen LogP contribution in [0.4, 0.5) is 0 Å². The molecule has 0 radical (unpaired) electrons. The Hall–Kier alpha value is -1.55. The van der Waals surface area contributed by atoms with Gasteiger partial charge in [0.1, 0.15) is 0 Å². The van der Waals surface area contributed by atoms with E-state index in [2.05, 4.69) is 6.92 Å². The molecule has 18 heavy (non-hydrogen) atoms. The lowest BCUT2D eigenvalue weighted by Gasteiger charge is -2.11. The molecule has 0 fully saturated rings. The van der Waals surface area contributed by atoms with Crippen molar-refractivity contribution in [1.29, 1.82) is 0 Å². The highest BCUT2D eigenvalue weighted by Gasteiger charge is 2.08. The average molecular weight is 252 g/mol. The van der Waals surface area contributed by atoms with Gasteiger partial charge in [0.15, 0.2) is 11.5 Å². The SMILES string of the molecule is CCCCCOc1ccc(CO)cc1OC(C)=O. The second-order valence-electron chi connectivity index (χ2n) is 4.09. The molecule has 0 aliphatic carbocycles. The number of aliphatic hydroxyl groups is 1. The van der Waals surface area contributed by atoms with E-state index in [9.17, 15) is 4.79 Å². The van der Waals surface area contributed by atoms with Gasteiger partial charge in [0, 0.05) is 6.92 Å². The molecule has 0 aliphatic heterocycles. The molecule has 100 valence electrons. The lowest BCUT2D eigenvalue weighted by Crippen LogP contribution is -2.05. The third-order valence-corrected chi connectivity index (χ3v) is 2.45. The van der Waals surface area contributed by atoms with Crippen LogP contribution >= 0.6 is 0 Å². The molecule has 0 atom stereocenters. The summed E-state index contributed by atoms with van der Waals surface area (Å²) in [6.45, 7) is 3.97. The normalized spacial score (nSPS) is 10.2. The van der Waals surface area contributed by atoms with E-state index in [1.165, 1.54) is 6.92 Å². The van der Waals surface area contributed by atoms with Gasteiger partial charge in [-0.1, -0.05) is 25.8 Å². The highest BCUT2D eigenvalue weighted by atomic mass is 16.6. The minimum atomic E-state index is -0.400. The zero-order valence-corrected chi connectivity index (χ0v) is 10.9. The molecule has 0 spiro atoms. The molecular weight excluding hydrogens is 232 g/mol. The number of hydrogen-bond acceptors (Lipinski definition) is 4. The summed E-state index contributed by atoms with van der Waals surface area (Å²) >= 11 is 0. The largest absolute Gasteiger partial charge is 0.490 e. The predicted octanol–water partition coefficient (Wildman–Crippen LogP) is 2.67. The van der Waals surface area contributed by atoms with Crippen molar-refractivity contribution in [2.45, 2.75) is 39.7 Å². The van der Waals surface area contributed by atoms with Crippen molar-refractivity contribution in [2.75, 3.05) is 6.61 Å². The Balaban J connectivity index is 2.71. The number of carbonyl (C=O) groups is 1. The molecule has 0 aromatic heterocycles. The van der Waals surface area contributed by atoms with Crippen LogP contribution in [0.3, 0.4) is 0 Å². The Kier molecular flexibility index (Phi) is 6.22. The van der Waals surface area contributed by atoms with Crippen LogP contribution in [0.2, 0.25) is 0 Å². The molecule has 0 saturated carbocycles. The second kappa shape index (κ2) is 7.71. The molecule has 1 aromatic rings. The van der Waals surface area contributed by atoms with Gasteiger partial charge in [0.25, 0.3) is 0 Å². The van der Waals surface area contributed by atoms with Crippen molar-refractivity contribution < 1.29 is 19.4 Å². The van der Waals surface area contributed by atoms with Gasteiger partial charge in [0.2, 0.25) is 0 Å². The third-order valence-electron chi connectivity index (χ3n) is 2.45. The van der Waals surface area contributed by atoms with Crippen LogP contribution in [0.1, 0.15) is 38.7 Å². The first-order valence-corrected chi connectivity index (χ1v) is 6.22. The summed E-state index contributed by atoms with van der Waals surface area (Å²) < 4.78 is 10.7. The van der Waals surface area contributed by atoms with Crippen LogP contribution in [-0.2, 0) is 11.4 Å². The standard InChI is InChI=1S/C14H20O4/c1-3-4-5-8-17-13-7-6-12(10-15)9-14(13)18-11(2)16/h6-7,9,15H,3-5,8,10H2,1-2H3. The first kappa shape index (κ1) is 14.5. The molecule has 4 nitrogen and oxygen atoms in total. The second-order valence-corrected chi connectivity index (χ2v) is 4.09. The maximum absolute atomic E-state index is 11.0. The summed E-state index contributed by atoms with van der Waals surface area (Å²) in [4.78, 5) is 11.0. The van der Waals surface area contributed by atoms with Crippen molar-refractivity contribution in [3.8, 4) is 11.5 Å². The van der Waals surface area contributed by atoms with Gasteiger partial charge in [-0.05, 0) is 24.1 Å². The van der Waals surface area contributed by atoms with Crippen LogP contribution < -0.4 is 9.47 Å². The van der Waals surface area contributed by atoms with Crippen molar-refractivity contribution in [1.82, 2.24) is 0 Å². The Morgan fingerprint density at radius 3 is 2.67 bits per heavy atom. The smallest absolute Gasteiger partial charge is 0.308 e. The van der Waals surface area contributed by atoms with Crippen LogP contribution in [0, 0.1) is 0 Å². The number of rotatable bonds is 7. The van der Waals surface area contributed by atoms with Gasteiger partial charge in [-0.25, -0.2) is 0 Å². The average Bonchev–Trinajstić information content (AvgIpc) is 2.35. The Morgan fingerprint density at radius 1 is 1.28 bits per heavy atom. The number of unbranched alkanes of at least 4 members (excludes halogenated alkanes) is 2. The van der Waals surface area contributed by atoms with Crippen LogP contribution in [-0.4, -0.2) is 17.7 Å². The zero-order valence-electron chi connectivity index (χ0n) is 10.9. The van der Waals surface area contributed by atoms with Gasteiger partial charge in [-0.3, -0.25) is 4.79 Å². The van der Waals surface area contributed by atoms with E-state index in [1.807, 2.05) is 0 Å². The molecule has 0 unspecified atom stereocenters. The van der Waals surface area contributed by atoms with Crippen molar-refractivity contribution in [2.24, 2.45) is 0 Å². The molecule has 1 N–H and O–H groups in total. The van der Waals surface area contributed by atoms with E-state index >= 15 is 0 Å². The predicted molar refractivity (Wildman–Crippen MR) is 68.7 cm³/mol. The Labute approximate surface area is 108 Å². The first-order chi connectivity index (χ1) is 8.67. The van der Waals surface area contributed by atoms with E-state index in [1.54, 1.807) is 18.2 Å². The summed E-state index contributed by atoms with van der Waals surface area (Å²) in [7, 11) is 0. The van der Waals surface area contributed by atoms with E-state index in [0.29, 0.717) is 23.7 Å². The minimum absolute atomic E-state index is 0.0929. The van der Waals surface area contributed by atoms with E-state index in [4.69, 9.17) is 14.6 Å².